The molecule has 98 valence electrons. The maximum absolute atomic E-state index is 11.1. The summed E-state index contributed by atoms with van der Waals surface area (Å²) in [4.78, 5) is 3.81. The van der Waals surface area contributed by atoms with Crippen LogP contribution in [0.3, 0.4) is 0 Å². The van der Waals surface area contributed by atoms with Crippen molar-refractivity contribution in [1.82, 2.24) is 4.98 Å². The van der Waals surface area contributed by atoms with Crippen LogP contribution in [0.2, 0.25) is 0 Å². The number of hydrogen-bond donors (Lipinski definition) is 0. The molecule has 0 fully saturated rings. The molecule has 1 aromatic heterocycles. The molecule has 0 aliphatic rings. The van der Waals surface area contributed by atoms with E-state index in [4.69, 9.17) is 5.26 Å². The SMILES string of the molecule is CCCCc1c(C)nc(S(=O)(=O)[O-])c(C#N)c1C.[K+]. The van der Waals surface area contributed by atoms with Crippen LogP contribution >= 0.6 is 0 Å². The Kier molecular flexibility index (Phi) is 7.91. The zero-order valence-electron chi connectivity index (χ0n) is 11.6. The van der Waals surface area contributed by atoms with Crippen molar-refractivity contribution in [1.29, 1.82) is 5.26 Å². The van der Waals surface area contributed by atoms with Crippen LogP contribution in [-0.2, 0) is 16.5 Å². The molecule has 1 aromatic rings. The number of aryl methyl sites for hydroxylation is 1. The number of unbranched alkanes of at least 4 members (excludes halogenated alkanes) is 1. The summed E-state index contributed by atoms with van der Waals surface area (Å²) in [5.41, 5.74) is 1.80. The average Bonchev–Trinajstić information content (AvgIpc) is 2.27. The predicted octanol–water partition coefficient (Wildman–Crippen LogP) is -1.18. The molecule has 0 unspecified atom stereocenters. The van der Waals surface area contributed by atoms with E-state index in [0.29, 0.717) is 11.3 Å². The molecule has 0 aromatic carbocycles. The van der Waals surface area contributed by atoms with Gasteiger partial charge < -0.3 is 4.55 Å². The van der Waals surface area contributed by atoms with Gasteiger partial charge in [0.05, 0.1) is 5.56 Å². The van der Waals surface area contributed by atoms with Gasteiger partial charge in [-0.3, -0.25) is 0 Å². The van der Waals surface area contributed by atoms with Crippen LogP contribution in [-0.4, -0.2) is 18.0 Å². The van der Waals surface area contributed by atoms with E-state index in [1.54, 1.807) is 19.9 Å². The molecule has 0 spiro atoms. The minimum Gasteiger partial charge on any atom is -0.743 e. The monoisotopic (exact) mass is 306 g/mol. The zero-order chi connectivity index (χ0) is 13.9. The van der Waals surface area contributed by atoms with Gasteiger partial charge in [0.25, 0.3) is 0 Å². The predicted molar refractivity (Wildman–Crippen MR) is 65.0 cm³/mol. The van der Waals surface area contributed by atoms with Crippen molar-refractivity contribution in [2.45, 2.75) is 45.1 Å². The van der Waals surface area contributed by atoms with Crippen molar-refractivity contribution >= 4 is 10.1 Å². The molecule has 0 amide bonds. The van der Waals surface area contributed by atoms with Crippen LogP contribution in [0.4, 0.5) is 0 Å². The molecular weight excluding hydrogens is 291 g/mol. The number of pyridine rings is 1. The van der Waals surface area contributed by atoms with E-state index in [1.807, 2.05) is 6.92 Å². The Morgan fingerprint density at radius 2 is 1.95 bits per heavy atom. The summed E-state index contributed by atoms with van der Waals surface area (Å²) in [5, 5.41) is 8.36. The first-order valence-electron chi connectivity index (χ1n) is 5.69. The van der Waals surface area contributed by atoms with Crippen molar-refractivity contribution in [3.05, 3.63) is 22.4 Å². The number of nitrogens with zero attached hydrogens (tertiary/aromatic N) is 2. The first-order chi connectivity index (χ1) is 8.32. The molecule has 0 saturated heterocycles. The standard InChI is InChI=1S/C12H16N2O3S.K/c1-4-5-6-10-8(2)11(7-13)12(14-9(10)3)18(15,16)17;/h4-6H2,1-3H3,(H,15,16,17);/q;+1/p-1. The summed E-state index contributed by atoms with van der Waals surface area (Å²) in [5.74, 6) is 0. The first kappa shape index (κ1) is 19.2. The van der Waals surface area contributed by atoms with Gasteiger partial charge >= 0.3 is 51.4 Å². The largest absolute Gasteiger partial charge is 1.00 e. The Morgan fingerprint density at radius 3 is 2.37 bits per heavy atom. The van der Waals surface area contributed by atoms with Gasteiger partial charge in [-0.1, -0.05) is 13.3 Å². The maximum Gasteiger partial charge on any atom is 1.00 e. The molecule has 19 heavy (non-hydrogen) atoms. The third kappa shape index (κ3) is 4.60. The Labute approximate surface area is 156 Å². The van der Waals surface area contributed by atoms with Gasteiger partial charge in [-0.2, -0.15) is 5.26 Å². The fourth-order valence-electron chi connectivity index (χ4n) is 1.89. The van der Waals surface area contributed by atoms with Gasteiger partial charge in [0, 0.05) is 5.69 Å². The van der Waals surface area contributed by atoms with Crippen molar-refractivity contribution in [2.75, 3.05) is 0 Å². The summed E-state index contributed by atoms with van der Waals surface area (Å²) in [6, 6.07) is 1.77. The van der Waals surface area contributed by atoms with Gasteiger partial charge in [-0.25, -0.2) is 13.4 Å². The summed E-state index contributed by atoms with van der Waals surface area (Å²) < 4.78 is 33.2. The van der Waals surface area contributed by atoms with Gasteiger partial charge in [0.15, 0.2) is 5.03 Å². The minimum atomic E-state index is -4.71. The molecule has 0 bridgehead atoms. The third-order valence-electron chi connectivity index (χ3n) is 2.88. The molecule has 0 radical (unpaired) electrons. The van der Waals surface area contributed by atoms with E-state index in [1.165, 1.54) is 0 Å². The van der Waals surface area contributed by atoms with E-state index >= 15 is 0 Å². The maximum atomic E-state index is 11.1. The topological polar surface area (TPSA) is 93.9 Å². The Balaban J connectivity index is 0.00000324. The van der Waals surface area contributed by atoms with E-state index in [0.717, 1.165) is 24.8 Å². The molecule has 0 aliphatic heterocycles. The zero-order valence-corrected chi connectivity index (χ0v) is 15.6. The summed E-state index contributed by atoms with van der Waals surface area (Å²) in [6.07, 6.45) is 2.65. The van der Waals surface area contributed by atoms with Crippen molar-refractivity contribution in [3.8, 4) is 6.07 Å². The molecule has 7 heteroatoms. The molecule has 0 saturated carbocycles. The molecule has 1 rings (SSSR count). The van der Waals surface area contributed by atoms with Crippen molar-refractivity contribution in [3.63, 3.8) is 0 Å². The van der Waals surface area contributed by atoms with E-state index in [2.05, 4.69) is 4.98 Å². The second-order valence-corrected chi connectivity index (χ2v) is 5.45. The number of rotatable bonds is 4. The van der Waals surface area contributed by atoms with Crippen molar-refractivity contribution in [2.24, 2.45) is 0 Å². The number of hydrogen-bond acceptors (Lipinski definition) is 5. The number of nitriles is 1. The minimum absolute atomic E-state index is 0. The van der Waals surface area contributed by atoms with Crippen molar-refractivity contribution < 1.29 is 64.4 Å². The molecule has 0 aliphatic carbocycles. The second-order valence-electron chi connectivity index (χ2n) is 4.15. The van der Waals surface area contributed by atoms with E-state index in [-0.39, 0.29) is 56.9 Å². The van der Waals surface area contributed by atoms with Crippen LogP contribution in [0.5, 0.6) is 0 Å². The normalized spacial score (nSPS) is 10.7. The summed E-state index contributed by atoms with van der Waals surface area (Å²) >= 11 is 0. The van der Waals surface area contributed by atoms with Crippen LogP contribution < -0.4 is 51.4 Å². The first-order valence-corrected chi connectivity index (χ1v) is 7.09. The third-order valence-corrected chi connectivity index (χ3v) is 3.65. The second kappa shape index (κ2) is 7.83. The molecule has 0 atom stereocenters. The summed E-state index contributed by atoms with van der Waals surface area (Å²) in [6.45, 7) is 5.36. The Morgan fingerprint density at radius 1 is 1.37 bits per heavy atom. The fraction of sp³-hybridized carbons (Fsp3) is 0.500. The van der Waals surface area contributed by atoms with Crippen LogP contribution in [0, 0.1) is 25.2 Å². The number of aromatic nitrogens is 1. The molecule has 5 nitrogen and oxygen atoms in total. The molecule has 0 N–H and O–H groups in total. The quantitative estimate of drug-likeness (QED) is 0.515. The Hall–Kier alpha value is 0.186. The van der Waals surface area contributed by atoms with E-state index < -0.39 is 15.1 Å². The van der Waals surface area contributed by atoms with Gasteiger partial charge in [-0.15, -0.1) is 0 Å². The Bertz CT molecular complexity index is 606. The van der Waals surface area contributed by atoms with Gasteiger partial charge in [-0.05, 0) is 37.8 Å². The molecular formula is C12H15KN2O3S. The van der Waals surface area contributed by atoms with Crippen LogP contribution in [0.15, 0.2) is 5.03 Å². The van der Waals surface area contributed by atoms with Crippen LogP contribution in [0.1, 0.15) is 42.1 Å². The fourth-order valence-corrected chi connectivity index (χ4v) is 2.59. The smallest absolute Gasteiger partial charge is 0.743 e. The van der Waals surface area contributed by atoms with Crippen LogP contribution in [0.25, 0.3) is 0 Å². The molecule has 1 heterocycles. The van der Waals surface area contributed by atoms with Gasteiger partial charge in [0.2, 0.25) is 0 Å². The van der Waals surface area contributed by atoms with Gasteiger partial charge in [0.1, 0.15) is 16.2 Å². The average molecular weight is 306 g/mol. The summed E-state index contributed by atoms with van der Waals surface area (Å²) in [7, 11) is -4.71. The van der Waals surface area contributed by atoms with E-state index in [9.17, 15) is 13.0 Å².